The molecule has 1 aliphatic rings. The second kappa shape index (κ2) is 9.99. The first-order valence-corrected chi connectivity index (χ1v) is 9.04. The van der Waals surface area contributed by atoms with E-state index in [1.54, 1.807) is 4.90 Å². The van der Waals surface area contributed by atoms with Gasteiger partial charge in [0.15, 0.2) is 0 Å². The Morgan fingerprint density at radius 1 is 1.33 bits per heavy atom. The van der Waals surface area contributed by atoms with E-state index >= 15 is 0 Å². The molecule has 1 saturated heterocycles. The summed E-state index contributed by atoms with van der Waals surface area (Å²) in [4.78, 5) is 26.5. The van der Waals surface area contributed by atoms with Crippen molar-refractivity contribution >= 4 is 12.4 Å². The molecule has 0 spiro atoms. The molecule has 0 aromatic heterocycles. The normalized spacial score (nSPS) is 18.2. The van der Waals surface area contributed by atoms with Gasteiger partial charge in [0.2, 0.25) is 0 Å². The highest BCUT2D eigenvalue weighted by Crippen LogP contribution is 2.17. The lowest BCUT2D eigenvalue weighted by molar-refractivity contribution is -0.109. The van der Waals surface area contributed by atoms with Gasteiger partial charge in [-0.15, -0.1) is 0 Å². The van der Waals surface area contributed by atoms with Gasteiger partial charge in [0.25, 0.3) is 0 Å². The summed E-state index contributed by atoms with van der Waals surface area (Å²) in [5.74, 6) is 0. The molecule has 6 heteroatoms. The monoisotopic (exact) mass is 342 g/mol. The first-order valence-electron chi connectivity index (χ1n) is 9.04. The summed E-state index contributed by atoms with van der Waals surface area (Å²) in [5.41, 5.74) is -0.470. The molecule has 140 valence electrons. The summed E-state index contributed by atoms with van der Waals surface area (Å²) in [6, 6.07) is 0. The lowest BCUT2D eigenvalue weighted by atomic mass is 10.1. The van der Waals surface area contributed by atoms with Gasteiger partial charge in [-0.05, 0) is 53.9 Å². The number of likely N-dealkylation sites (tertiary alicyclic amines) is 1. The van der Waals surface area contributed by atoms with Crippen molar-refractivity contribution in [2.45, 2.75) is 71.7 Å². The van der Waals surface area contributed by atoms with Crippen LogP contribution in [0.2, 0.25) is 0 Å². The van der Waals surface area contributed by atoms with Crippen LogP contribution in [0.5, 0.6) is 0 Å². The van der Waals surface area contributed by atoms with E-state index in [2.05, 4.69) is 11.8 Å². The number of piperidine rings is 1. The third-order valence-corrected chi connectivity index (χ3v) is 4.13. The van der Waals surface area contributed by atoms with Crippen molar-refractivity contribution in [3.05, 3.63) is 0 Å². The van der Waals surface area contributed by atoms with Crippen LogP contribution >= 0.6 is 0 Å². The van der Waals surface area contributed by atoms with E-state index < -0.39 is 5.60 Å². The summed E-state index contributed by atoms with van der Waals surface area (Å²) in [6.45, 7) is 13.2. The smallest absolute Gasteiger partial charge is 0.410 e. The fraction of sp³-hybridized carbons (Fsp3) is 0.889. The maximum Gasteiger partial charge on any atom is 0.410 e. The van der Waals surface area contributed by atoms with E-state index in [1.807, 2.05) is 27.7 Å². The summed E-state index contributed by atoms with van der Waals surface area (Å²) >= 11 is 0. The van der Waals surface area contributed by atoms with Gasteiger partial charge in [-0.3, -0.25) is 4.90 Å². The van der Waals surface area contributed by atoms with Crippen molar-refractivity contribution < 1.29 is 19.1 Å². The number of rotatable bonds is 8. The Kier molecular flexibility index (Phi) is 8.70. The SMILES string of the molecule is CCN(CCC(C)OC1CCN(CC=O)CC1)C(=O)OC(C)(C)C. The predicted molar refractivity (Wildman–Crippen MR) is 94.2 cm³/mol. The predicted octanol–water partition coefficient (Wildman–Crippen LogP) is 2.70. The van der Waals surface area contributed by atoms with Crippen LogP contribution in [0.25, 0.3) is 0 Å². The van der Waals surface area contributed by atoms with E-state index in [1.165, 1.54) is 0 Å². The van der Waals surface area contributed by atoms with Crippen molar-refractivity contribution in [2.75, 3.05) is 32.7 Å². The molecule has 1 fully saturated rings. The molecular weight excluding hydrogens is 308 g/mol. The van der Waals surface area contributed by atoms with Crippen LogP contribution in [-0.2, 0) is 14.3 Å². The molecule has 0 radical (unpaired) electrons. The van der Waals surface area contributed by atoms with Crippen LogP contribution in [0.3, 0.4) is 0 Å². The molecule has 0 N–H and O–H groups in total. The average Bonchev–Trinajstić information content (AvgIpc) is 2.48. The van der Waals surface area contributed by atoms with Crippen LogP contribution in [-0.4, -0.2) is 72.7 Å². The molecule has 1 amide bonds. The van der Waals surface area contributed by atoms with E-state index in [0.717, 1.165) is 38.6 Å². The highest BCUT2D eigenvalue weighted by Gasteiger charge is 2.23. The van der Waals surface area contributed by atoms with Gasteiger partial charge in [-0.2, -0.15) is 0 Å². The summed E-state index contributed by atoms with van der Waals surface area (Å²) in [5, 5.41) is 0. The van der Waals surface area contributed by atoms with Crippen molar-refractivity contribution in [2.24, 2.45) is 0 Å². The quantitative estimate of drug-likeness (QED) is 0.635. The molecule has 1 rings (SSSR count). The van der Waals surface area contributed by atoms with Gasteiger partial charge in [0, 0.05) is 26.2 Å². The number of nitrogens with zero attached hydrogens (tertiary/aromatic N) is 2. The van der Waals surface area contributed by atoms with Crippen molar-refractivity contribution in [3.8, 4) is 0 Å². The first-order chi connectivity index (χ1) is 11.2. The second-order valence-corrected chi connectivity index (χ2v) is 7.46. The number of aldehydes is 1. The minimum absolute atomic E-state index is 0.101. The molecule has 0 aliphatic carbocycles. The molecule has 0 aromatic carbocycles. The molecule has 1 aliphatic heterocycles. The standard InChI is InChI=1S/C18H34N2O4/c1-6-20(17(22)24-18(3,4)5)12-7-15(2)23-16-8-10-19(11-9-16)13-14-21/h14-16H,6-13H2,1-5H3. The topological polar surface area (TPSA) is 59.1 Å². The van der Waals surface area contributed by atoms with Crippen molar-refractivity contribution in [1.82, 2.24) is 9.80 Å². The van der Waals surface area contributed by atoms with Gasteiger partial charge in [0.1, 0.15) is 11.9 Å². The zero-order chi connectivity index (χ0) is 18.2. The molecule has 1 unspecified atom stereocenters. The number of carbonyl (C=O) groups is 2. The maximum absolute atomic E-state index is 12.1. The number of hydrogen-bond donors (Lipinski definition) is 0. The van der Waals surface area contributed by atoms with Gasteiger partial charge >= 0.3 is 6.09 Å². The minimum Gasteiger partial charge on any atom is -0.444 e. The Hall–Kier alpha value is -1.14. The van der Waals surface area contributed by atoms with E-state index in [9.17, 15) is 9.59 Å². The van der Waals surface area contributed by atoms with E-state index in [4.69, 9.17) is 9.47 Å². The maximum atomic E-state index is 12.1. The Morgan fingerprint density at radius 3 is 2.46 bits per heavy atom. The van der Waals surface area contributed by atoms with Gasteiger partial charge in [-0.1, -0.05) is 0 Å². The molecular formula is C18H34N2O4. The fourth-order valence-electron chi connectivity index (χ4n) is 2.77. The zero-order valence-corrected chi connectivity index (χ0v) is 15.9. The molecule has 1 atom stereocenters. The van der Waals surface area contributed by atoms with Crippen LogP contribution in [0.15, 0.2) is 0 Å². The number of carbonyl (C=O) groups excluding carboxylic acids is 2. The molecule has 0 saturated carbocycles. The highest BCUT2D eigenvalue weighted by molar-refractivity contribution is 5.68. The van der Waals surface area contributed by atoms with Gasteiger partial charge < -0.3 is 19.2 Å². The molecule has 24 heavy (non-hydrogen) atoms. The zero-order valence-electron chi connectivity index (χ0n) is 15.9. The van der Waals surface area contributed by atoms with Gasteiger partial charge in [-0.25, -0.2) is 4.79 Å². The van der Waals surface area contributed by atoms with Gasteiger partial charge in [0.05, 0.1) is 18.8 Å². The molecule has 1 heterocycles. The Labute approximate surface area is 146 Å². The molecule has 6 nitrogen and oxygen atoms in total. The minimum atomic E-state index is -0.470. The second-order valence-electron chi connectivity index (χ2n) is 7.46. The number of ether oxygens (including phenoxy) is 2. The average molecular weight is 342 g/mol. The Balaban J connectivity index is 2.30. The molecule has 0 aromatic rings. The van der Waals surface area contributed by atoms with Crippen molar-refractivity contribution in [1.29, 1.82) is 0 Å². The highest BCUT2D eigenvalue weighted by atomic mass is 16.6. The number of amides is 1. The first kappa shape index (κ1) is 20.9. The van der Waals surface area contributed by atoms with Crippen LogP contribution in [0.4, 0.5) is 4.79 Å². The van der Waals surface area contributed by atoms with E-state index in [-0.39, 0.29) is 18.3 Å². The third-order valence-electron chi connectivity index (χ3n) is 4.13. The fourth-order valence-corrected chi connectivity index (χ4v) is 2.77. The summed E-state index contributed by atoms with van der Waals surface area (Å²) in [6.07, 6.45) is 3.76. The number of hydrogen-bond acceptors (Lipinski definition) is 5. The van der Waals surface area contributed by atoms with Crippen LogP contribution in [0.1, 0.15) is 53.9 Å². The van der Waals surface area contributed by atoms with E-state index in [0.29, 0.717) is 19.6 Å². The lowest BCUT2D eigenvalue weighted by Gasteiger charge is -2.33. The largest absolute Gasteiger partial charge is 0.444 e. The van der Waals surface area contributed by atoms with Crippen LogP contribution < -0.4 is 0 Å². The Bertz CT molecular complexity index is 387. The van der Waals surface area contributed by atoms with Crippen LogP contribution in [0, 0.1) is 0 Å². The molecule has 0 bridgehead atoms. The summed E-state index contributed by atoms with van der Waals surface area (Å²) in [7, 11) is 0. The summed E-state index contributed by atoms with van der Waals surface area (Å²) < 4.78 is 11.5. The van der Waals surface area contributed by atoms with Crippen molar-refractivity contribution in [3.63, 3.8) is 0 Å². The third kappa shape index (κ3) is 8.11. The lowest BCUT2D eigenvalue weighted by Crippen LogP contribution is -2.40. The Morgan fingerprint density at radius 2 is 1.96 bits per heavy atom.